The summed E-state index contributed by atoms with van der Waals surface area (Å²) in [7, 11) is 0. The molecule has 1 heterocycles. The molecule has 1 aromatic heterocycles. The van der Waals surface area contributed by atoms with Gasteiger partial charge in [-0.25, -0.2) is 13.9 Å². The maximum absolute atomic E-state index is 13.3. The number of hydrogen-bond acceptors (Lipinski definition) is 3. The van der Waals surface area contributed by atoms with Crippen LogP contribution in [-0.4, -0.2) is 21.7 Å². The van der Waals surface area contributed by atoms with Gasteiger partial charge in [-0.2, -0.15) is 0 Å². The third kappa shape index (κ3) is 3.39. The molecule has 0 saturated heterocycles. The van der Waals surface area contributed by atoms with Crippen LogP contribution < -0.4 is 16.8 Å². The fourth-order valence-corrected chi connectivity index (χ4v) is 2.64. The fraction of sp³-hybridized carbons (Fsp3) is 0.0556. The Hall–Kier alpha value is -3.68. The lowest BCUT2D eigenvalue weighted by molar-refractivity contribution is 0.100. The van der Waals surface area contributed by atoms with E-state index in [2.05, 4.69) is 10.4 Å². The molecule has 0 saturated carbocycles. The molecule has 0 aliphatic carbocycles. The number of halogens is 1. The largest absolute Gasteiger partial charge is 0.365 e. The molecule has 0 spiro atoms. The van der Waals surface area contributed by atoms with Crippen molar-refractivity contribution in [2.75, 3.05) is 5.32 Å². The summed E-state index contributed by atoms with van der Waals surface area (Å²) in [5.41, 5.74) is 13.7. The second-order valence-electron chi connectivity index (χ2n) is 5.70. The first-order chi connectivity index (χ1) is 12.3. The summed E-state index contributed by atoms with van der Waals surface area (Å²) in [4.78, 5) is 22.5. The van der Waals surface area contributed by atoms with Gasteiger partial charge < -0.3 is 11.5 Å². The minimum absolute atomic E-state index is 0.0107. The Morgan fingerprint density at radius 1 is 1.12 bits per heavy atom. The standard InChI is InChI=1S/C18H16FN5O2/c1-10-8-12(19)4-7-14(10)11-2-5-13(6-3-11)24-9-15(16(20)25)17(23-24)22-18(21)26/h2-9H,1H3,(H2,20,25)(H3,21,22,23,26). The second-order valence-corrected chi connectivity index (χ2v) is 5.70. The first-order valence-electron chi connectivity index (χ1n) is 7.68. The Bertz CT molecular complexity index is 995. The molecule has 132 valence electrons. The highest BCUT2D eigenvalue weighted by Crippen LogP contribution is 2.25. The van der Waals surface area contributed by atoms with Gasteiger partial charge in [0.2, 0.25) is 0 Å². The maximum Gasteiger partial charge on any atom is 0.317 e. The summed E-state index contributed by atoms with van der Waals surface area (Å²) in [5, 5.41) is 6.39. The molecule has 3 amide bonds. The van der Waals surface area contributed by atoms with Crippen molar-refractivity contribution >= 4 is 17.8 Å². The highest BCUT2D eigenvalue weighted by molar-refractivity contribution is 6.01. The van der Waals surface area contributed by atoms with Gasteiger partial charge in [-0.3, -0.25) is 10.1 Å². The summed E-state index contributed by atoms with van der Waals surface area (Å²) in [6, 6.07) is 11.0. The molecule has 3 aromatic rings. The molecular formula is C18H16FN5O2. The molecule has 7 nitrogen and oxygen atoms in total. The maximum atomic E-state index is 13.3. The van der Waals surface area contributed by atoms with E-state index in [0.29, 0.717) is 5.69 Å². The number of aromatic nitrogens is 2. The molecule has 0 aliphatic heterocycles. The van der Waals surface area contributed by atoms with Crippen LogP contribution in [0.3, 0.4) is 0 Å². The summed E-state index contributed by atoms with van der Waals surface area (Å²) in [6.45, 7) is 1.83. The van der Waals surface area contributed by atoms with E-state index in [1.807, 2.05) is 19.1 Å². The average molecular weight is 353 g/mol. The lowest BCUT2D eigenvalue weighted by Crippen LogP contribution is -2.22. The molecule has 0 aliphatic rings. The van der Waals surface area contributed by atoms with E-state index < -0.39 is 11.9 Å². The van der Waals surface area contributed by atoms with Gasteiger partial charge in [-0.1, -0.05) is 18.2 Å². The first kappa shape index (κ1) is 17.2. The van der Waals surface area contributed by atoms with Crippen molar-refractivity contribution in [3.05, 3.63) is 65.6 Å². The molecule has 0 atom stereocenters. The number of carbonyl (C=O) groups is 2. The number of benzene rings is 2. The van der Waals surface area contributed by atoms with Crippen LogP contribution in [-0.2, 0) is 0 Å². The molecule has 0 fully saturated rings. The van der Waals surface area contributed by atoms with Crippen LogP contribution in [0.5, 0.6) is 0 Å². The minimum atomic E-state index is -0.847. The normalized spacial score (nSPS) is 10.5. The molecule has 26 heavy (non-hydrogen) atoms. The average Bonchev–Trinajstić information content (AvgIpc) is 2.98. The predicted molar refractivity (Wildman–Crippen MR) is 95.4 cm³/mol. The van der Waals surface area contributed by atoms with E-state index >= 15 is 0 Å². The van der Waals surface area contributed by atoms with E-state index in [0.717, 1.165) is 16.7 Å². The quantitative estimate of drug-likeness (QED) is 0.669. The Balaban J connectivity index is 1.96. The van der Waals surface area contributed by atoms with E-state index in [1.165, 1.54) is 23.0 Å². The van der Waals surface area contributed by atoms with Gasteiger partial charge in [0.1, 0.15) is 11.4 Å². The summed E-state index contributed by atoms with van der Waals surface area (Å²) in [6.07, 6.45) is 1.41. The van der Waals surface area contributed by atoms with Crippen LogP contribution in [0.1, 0.15) is 15.9 Å². The number of urea groups is 1. The molecule has 0 radical (unpaired) electrons. The molecule has 0 unspecified atom stereocenters. The van der Waals surface area contributed by atoms with Crippen molar-refractivity contribution in [2.45, 2.75) is 6.92 Å². The highest BCUT2D eigenvalue weighted by atomic mass is 19.1. The number of rotatable bonds is 4. The fourth-order valence-electron chi connectivity index (χ4n) is 2.64. The smallest absolute Gasteiger partial charge is 0.317 e. The Morgan fingerprint density at radius 3 is 2.38 bits per heavy atom. The number of primary amides is 2. The van der Waals surface area contributed by atoms with Crippen LogP contribution in [0, 0.1) is 12.7 Å². The number of nitrogens with zero attached hydrogens (tertiary/aromatic N) is 2. The lowest BCUT2D eigenvalue weighted by atomic mass is 10.0. The number of nitrogens with one attached hydrogen (secondary N) is 1. The van der Waals surface area contributed by atoms with Crippen LogP contribution in [0.15, 0.2) is 48.7 Å². The third-order valence-corrected chi connectivity index (χ3v) is 3.85. The molecule has 0 bridgehead atoms. The molecule has 5 N–H and O–H groups in total. The molecule has 2 aromatic carbocycles. The van der Waals surface area contributed by atoms with E-state index in [9.17, 15) is 14.0 Å². The third-order valence-electron chi connectivity index (χ3n) is 3.85. The monoisotopic (exact) mass is 353 g/mol. The van der Waals surface area contributed by atoms with Gasteiger partial charge >= 0.3 is 6.03 Å². The zero-order chi connectivity index (χ0) is 18.8. The zero-order valence-electron chi connectivity index (χ0n) is 13.9. The van der Waals surface area contributed by atoms with Crippen molar-refractivity contribution < 1.29 is 14.0 Å². The van der Waals surface area contributed by atoms with E-state index in [1.54, 1.807) is 18.2 Å². The zero-order valence-corrected chi connectivity index (χ0v) is 13.9. The van der Waals surface area contributed by atoms with Gasteiger partial charge in [0.15, 0.2) is 5.82 Å². The Morgan fingerprint density at radius 2 is 1.81 bits per heavy atom. The number of nitrogens with two attached hydrogens (primary N) is 2. The van der Waals surface area contributed by atoms with Crippen molar-refractivity contribution in [3.63, 3.8) is 0 Å². The van der Waals surface area contributed by atoms with Gasteiger partial charge in [-0.15, -0.1) is 5.10 Å². The van der Waals surface area contributed by atoms with E-state index in [4.69, 9.17) is 11.5 Å². The Kier molecular flexibility index (Phi) is 4.40. The number of amides is 3. The van der Waals surface area contributed by atoms with Crippen LogP contribution in [0.4, 0.5) is 15.0 Å². The van der Waals surface area contributed by atoms with E-state index in [-0.39, 0.29) is 17.2 Å². The number of hydrogen-bond donors (Lipinski definition) is 3. The highest BCUT2D eigenvalue weighted by Gasteiger charge is 2.16. The Labute approximate surface area is 148 Å². The lowest BCUT2D eigenvalue weighted by Gasteiger charge is -2.08. The van der Waals surface area contributed by atoms with Crippen LogP contribution >= 0.6 is 0 Å². The molecule has 8 heteroatoms. The van der Waals surface area contributed by atoms with Crippen molar-refractivity contribution in [3.8, 4) is 16.8 Å². The molecule has 3 rings (SSSR count). The van der Waals surface area contributed by atoms with Crippen molar-refractivity contribution in [1.29, 1.82) is 0 Å². The summed E-state index contributed by atoms with van der Waals surface area (Å²) < 4.78 is 14.7. The van der Waals surface area contributed by atoms with Crippen molar-refractivity contribution in [2.24, 2.45) is 11.5 Å². The number of anilines is 1. The van der Waals surface area contributed by atoms with Gasteiger partial charge in [-0.05, 0) is 47.9 Å². The van der Waals surface area contributed by atoms with Crippen molar-refractivity contribution in [1.82, 2.24) is 9.78 Å². The summed E-state index contributed by atoms with van der Waals surface area (Å²) in [5.74, 6) is -1.03. The number of aryl methyl sites for hydroxylation is 1. The van der Waals surface area contributed by atoms with Gasteiger partial charge in [0, 0.05) is 6.20 Å². The SMILES string of the molecule is Cc1cc(F)ccc1-c1ccc(-n2cc(C(N)=O)c(NC(N)=O)n2)cc1. The van der Waals surface area contributed by atoms with Crippen LogP contribution in [0.25, 0.3) is 16.8 Å². The van der Waals surface area contributed by atoms with Gasteiger partial charge in [0.25, 0.3) is 5.91 Å². The van der Waals surface area contributed by atoms with Gasteiger partial charge in [0.05, 0.1) is 5.69 Å². The van der Waals surface area contributed by atoms with Crippen LogP contribution in [0.2, 0.25) is 0 Å². The minimum Gasteiger partial charge on any atom is -0.365 e. The number of carbonyl (C=O) groups excluding carboxylic acids is 2. The topological polar surface area (TPSA) is 116 Å². The molecular weight excluding hydrogens is 337 g/mol. The second kappa shape index (κ2) is 6.67. The first-order valence-corrected chi connectivity index (χ1v) is 7.68. The predicted octanol–water partition coefficient (Wildman–Crippen LogP) is 2.58. The summed E-state index contributed by atoms with van der Waals surface area (Å²) >= 11 is 0.